The Kier molecular flexibility index (Phi) is 11.8. The van der Waals surface area contributed by atoms with Crippen LogP contribution in [0.25, 0.3) is 0 Å². The zero-order valence-electron chi connectivity index (χ0n) is 22.8. The Hall–Kier alpha value is -2.49. The van der Waals surface area contributed by atoms with E-state index < -0.39 is 28.5 Å². The van der Waals surface area contributed by atoms with E-state index in [-0.39, 0.29) is 44.5 Å². The summed E-state index contributed by atoms with van der Waals surface area (Å²) in [6, 6.07) is 14.8. The molecule has 0 unspecified atom stereocenters. The van der Waals surface area contributed by atoms with Crippen LogP contribution < -0.4 is 9.62 Å². The Balaban J connectivity index is 2.11. The molecule has 0 aliphatic rings. The van der Waals surface area contributed by atoms with E-state index in [2.05, 4.69) is 5.32 Å². The van der Waals surface area contributed by atoms with Crippen LogP contribution in [0.15, 0.2) is 65.6 Å². The van der Waals surface area contributed by atoms with Gasteiger partial charge in [-0.2, -0.15) is 0 Å². The molecule has 12 heteroatoms. The zero-order chi connectivity index (χ0) is 30.3. The Morgan fingerprint density at radius 1 is 0.902 bits per heavy atom. The highest BCUT2D eigenvalue weighted by molar-refractivity contribution is 7.92. The fourth-order valence-corrected chi connectivity index (χ4v) is 6.35. The van der Waals surface area contributed by atoms with Gasteiger partial charge in [-0.15, -0.1) is 0 Å². The highest BCUT2D eigenvalue weighted by atomic mass is 35.5. The third-order valence-electron chi connectivity index (χ3n) is 6.36. The molecule has 2 amide bonds. The van der Waals surface area contributed by atoms with Crippen LogP contribution in [0, 0.1) is 6.92 Å². The monoisotopic (exact) mass is 657 g/mol. The molecule has 0 saturated heterocycles. The Morgan fingerprint density at radius 2 is 1.59 bits per heavy atom. The Bertz CT molecular complexity index is 1500. The predicted molar refractivity (Wildman–Crippen MR) is 167 cm³/mol. The number of carbonyl (C=O) groups is 2. The number of aryl methyl sites for hydroxylation is 1. The molecule has 41 heavy (non-hydrogen) atoms. The molecule has 0 saturated carbocycles. The SMILES string of the molecule is CCCNC(=O)[C@H](CC)N(Cc1ccc(Cl)c(Cl)c1)C(=O)CN(c1cccc(Cl)c1Cl)S(=O)(=O)c1ccc(C)cc1. The van der Waals surface area contributed by atoms with Crippen LogP contribution in [-0.4, -0.2) is 44.3 Å². The van der Waals surface area contributed by atoms with Gasteiger partial charge >= 0.3 is 0 Å². The smallest absolute Gasteiger partial charge is 0.264 e. The molecule has 3 aromatic rings. The van der Waals surface area contributed by atoms with Crippen LogP contribution in [0.4, 0.5) is 5.69 Å². The lowest BCUT2D eigenvalue weighted by molar-refractivity contribution is -0.140. The predicted octanol–water partition coefficient (Wildman–Crippen LogP) is 7.14. The average molecular weight is 659 g/mol. The third kappa shape index (κ3) is 8.08. The van der Waals surface area contributed by atoms with Crippen molar-refractivity contribution in [2.45, 2.75) is 51.1 Å². The molecule has 0 aliphatic heterocycles. The molecule has 1 N–H and O–H groups in total. The van der Waals surface area contributed by atoms with E-state index >= 15 is 0 Å². The van der Waals surface area contributed by atoms with Gasteiger partial charge in [0.25, 0.3) is 10.0 Å². The van der Waals surface area contributed by atoms with E-state index in [1.807, 2.05) is 13.8 Å². The van der Waals surface area contributed by atoms with Crippen LogP contribution in [0.1, 0.15) is 37.8 Å². The number of anilines is 1. The highest BCUT2D eigenvalue weighted by Crippen LogP contribution is 2.36. The molecule has 0 aliphatic carbocycles. The first-order valence-corrected chi connectivity index (χ1v) is 15.9. The van der Waals surface area contributed by atoms with Gasteiger partial charge in [0.05, 0.1) is 30.7 Å². The number of hydrogen-bond acceptors (Lipinski definition) is 4. The maximum Gasteiger partial charge on any atom is 0.264 e. The Morgan fingerprint density at radius 3 is 2.20 bits per heavy atom. The summed E-state index contributed by atoms with van der Waals surface area (Å²) in [5.41, 5.74) is 1.51. The first kappa shape index (κ1) is 33.0. The first-order valence-electron chi connectivity index (χ1n) is 12.9. The summed E-state index contributed by atoms with van der Waals surface area (Å²) in [6.45, 7) is 5.30. The van der Waals surface area contributed by atoms with Gasteiger partial charge in [0, 0.05) is 13.1 Å². The van der Waals surface area contributed by atoms with Crippen molar-refractivity contribution in [3.63, 3.8) is 0 Å². The summed E-state index contributed by atoms with van der Waals surface area (Å²) < 4.78 is 28.8. The second-order valence-electron chi connectivity index (χ2n) is 9.38. The molecule has 1 atom stereocenters. The molecule has 3 aromatic carbocycles. The second-order valence-corrected chi connectivity index (χ2v) is 12.8. The third-order valence-corrected chi connectivity index (χ3v) is 9.68. The topological polar surface area (TPSA) is 86.8 Å². The number of carbonyl (C=O) groups excluding carboxylic acids is 2. The van der Waals surface area contributed by atoms with Gasteiger partial charge in [0.15, 0.2) is 0 Å². The van der Waals surface area contributed by atoms with Crippen molar-refractivity contribution < 1.29 is 18.0 Å². The molecule has 220 valence electrons. The standard InChI is InChI=1S/C29H31Cl4N3O4S/c1-4-15-34-29(38)25(5-2)35(17-20-11-14-22(30)24(32)16-20)27(37)18-36(26-8-6-7-23(31)28(26)33)41(39,40)21-12-9-19(3)10-13-21/h6-14,16,25H,4-5,15,17-18H2,1-3H3,(H,34,38)/t25-/m0/s1. The number of sulfonamides is 1. The number of nitrogens with zero attached hydrogens (tertiary/aromatic N) is 2. The van der Waals surface area contributed by atoms with Crippen LogP contribution in [-0.2, 0) is 26.2 Å². The van der Waals surface area contributed by atoms with Crippen molar-refractivity contribution in [1.82, 2.24) is 10.2 Å². The lowest BCUT2D eigenvalue weighted by Gasteiger charge is -2.33. The molecular weight excluding hydrogens is 628 g/mol. The van der Waals surface area contributed by atoms with Crippen LogP contribution >= 0.6 is 46.4 Å². The second kappa shape index (κ2) is 14.6. The first-order chi connectivity index (χ1) is 19.4. The summed E-state index contributed by atoms with van der Waals surface area (Å²) in [5.74, 6) is -0.974. The maximum absolute atomic E-state index is 14.1. The van der Waals surface area contributed by atoms with Crippen LogP contribution in [0.5, 0.6) is 0 Å². The van der Waals surface area contributed by atoms with Gasteiger partial charge in [-0.1, -0.05) is 90.1 Å². The summed E-state index contributed by atoms with van der Waals surface area (Å²) in [4.78, 5) is 28.6. The minimum Gasteiger partial charge on any atom is -0.354 e. The largest absolute Gasteiger partial charge is 0.354 e. The molecular formula is C29H31Cl4N3O4S. The van der Waals surface area contributed by atoms with Gasteiger partial charge < -0.3 is 10.2 Å². The minimum absolute atomic E-state index is 0.0184. The van der Waals surface area contributed by atoms with E-state index in [4.69, 9.17) is 46.4 Å². The van der Waals surface area contributed by atoms with E-state index in [0.29, 0.717) is 23.6 Å². The van der Waals surface area contributed by atoms with Crippen molar-refractivity contribution in [1.29, 1.82) is 0 Å². The summed E-state index contributed by atoms with van der Waals surface area (Å²) in [7, 11) is -4.29. The van der Waals surface area contributed by atoms with Gasteiger partial charge in [0.1, 0.15) is 12.6 Å². The maximum atomic E-state index is 14.1. The quantitative estimate of drug-likeness (QED) is 0.224. The van der Waals surface area contributed by atoms with Crippen LogP contribution in [0.2, 0.25) is 20.1 Å². The number of hydrogen-bond donors (Lipinski definition) is 1. The summed E-state index contributed by atoms with van der Waals surface area (Å²) in [5, 5.41) is 3.56. The van der Waals surface area contributed by atoms with Gasteiger partial charge in [-0.25, -0.2) is 8.42 Å². The average Bonchev–Trinajstić information content (AvgIpc) is 2.94. The van der Waals surface area contributed by atoms with Crippen molar-refractivity contribution in [3.05, 3.63) is 91.9 Å². The van der Waals surface area contributed by atoms with Crippen molar-refractivity contribution in [2.24, 2.45) is 0 Å². The number of rotatable bonds is 12. The fraction of sp³-hybridized carbons (Fsp3) is 0.310. The minimum atomic E-state index is -4.29. The Labute approximate surface area is 261 Å². The van der Waals surface area contributed by atoms with E-state index in [0.717, 1.165) is 9.87 Å². The van der Waals surface area contributed by atoms with Gasteiger partial charge in [-0.05, 0) is 61.7 Å². The number of amides is 2. The van der Waals surface area contributed by atoms with E-state index in [9.17, 15) is 18.0 Å². The van der Waals surface area contributed by atoms with Crippen LogP contribution in [0.3, 0.4) is 0 Å². The van der Waals surface area contributed by atoms with E-state index in [1.165, 1.54) is 29.2 Å². The van der Waals surface area contributed by atoms with Gasteiger partial charge in [-0.3, -0.25) is 13.9 Å². The van der Waals surface area contributed by atoms with E-state index in [1.54, 1.807) is 43.3 Å². The highest BCUT2D eigenvalue weighted by Gasteiger charge is 2.34. The lowest BCUT2D eigenvalue weighted by atomic mass is 10.1. The van der Waals surface area contributed by atoms with Gasteiger partial charge in [0.2, 0.25) is 11.8 Å². The van der Waals surface area contributed by atoms with Crippen molar-refractivity contribution in [2.75, 3.05) is 17.4 Å². The number of benzene rings is 3. The fourth-order valence-electron chi connectivity index (χ4n) is 4.16. The zero-order valence-corrected chi connectivity index (χ0v) is 26.7. The van der Waals surface area contributed by atoms with Crippen molar-refractivity contribution >= 4 is 73.9 Å². The normalized spacial score (nSPS) is 12.1. The number of halogens is 4. The molecule has 0 radical (unpaired) electrons. The molecule has 7 nitrogen and oxygen atoms in total. The molecule has 0 spiro atoms. The summed E-state index contributed by atoms with van der Waals surface area (Å²) in [6.07, 6.45) is 0.990. The number of nitrogens with one attached hydrogen (secondary N) is 1. The molecule has 0 aromatic heterocycles. The summed E-state index contributed by atoms with van der Waals surface area (Å²) >= 11 is 25.0. The molecule has 0 heterocycles. The lowest BCUT2D eigenvalue weighted by Crippen LogP contribution is -2.52. The van der Waals surface area contributed by atoms with Crippen molar-refractivity contribution in [3.8, 4) is 0 Å². The molecule has 3 rings (SSSR count). The molecule has 0 fully saturated rings. The molecule has 0 bridgehead atoms.